The first-order chi connectivity index (χ1) is 14.1. The van der Waals surface area contributed by atoms with E-state index in [1.165, 1.54) is 0 Å². The van der Waals surface area contributed by atoms with Gasteiger partial charge in [-0.05, 0) is 66.3 Å². The lowest BCUT2D eigenvalue weighted by molar-refractivity contribution is -0.115. The minimum absolute atomic E-state index is 0.0759. The van der Waals surface area contributed by atoms with E-state index in [-0.39, 0.29) is 17.1 Å². The van der Waals surface area contributed by atoms with Gasteiger partial charge in [-0.15, -0.1) is 0 Å². The average Bonchev–Trinajstić information content (AvgIpc) is 2.98. The minimum Gasteiger partial charge on any atom is -0.443 e. The van der Waals surface area contributed by atoms with Gasteiger partial charge in [0.05, 0.1) is 4.91 Å². The normalized spacial score (nSPS) is 16.4. The molecule has 30 heavy (non-hydrogen) atoms. The standard InChI is InChI=1S/C23H24N2O4S/c1-14(23(2,3)29-21(24)27)11-16-5-4-6-18(12-16)17-9-7-15(8-10-17)13-19-20(26)25-22(28)30-19/h4-10,12-14H,11H2,1-3H3,(H2,24,27)(H,25,26,28). The van der Waals surface area contributed by atoms with Crippen molar-refractivity contribution >= 4 is 35.1 Å². The molecule has 156 valence electrons. The Hall–Kier alpha value is -3.06. The van der Waals surface area contributed by atoms with Gasteiger partial charge in [0.2, 0.25) is 0 Å². The highest BCUT2D eigenvalue weighted by Gasteiger charge is 2.29. The maximum atomic E-state index is 11.7. The molecule has 3 amide bonds. The lowest BCUT2D eigenvalue weighted by atomic mass is 9.86. The van der Waals surface area contributed by atoms with Crippen LogP contribution in [0.15, 0.2) is 53.4 Å². The van der Waals surface area contributed by atoms with Crippen LogP contribution in [0.4, 0.5) is 9.59 Å². The molecule has 1 fully saturated rings. The molecular formula is C23H24N2O4S. The van der Waals surface area contributed by atoms with E-state index in [1.54, 1.807) is 6.08 Å². The molecule has 1 atom stereocenters. The van der Waals surface area contributed by atoms with Crippen LogP contribution >= 0.6 is 11.8 Å². The summed E-state index contributed by atoms with van der Waals surface area (Å²) in [5.74, 6) is -0.286. The Morgan fingerprint density at radius 3 is 2.47 bits per heavy atom. The van der Waals surface area contributed by atoms with Gasteiger partial charge < -0.3 is 10.5 Å². The second-order valence-corrected chi connectivity index (χ2v) is 8.82. The molecule has 1 aliphatic rings. The van der Waals surface area contributed by atoms with Crippen molar-refractivity contribution < 1.29 is 19.1 Å². The number of nitrogens with two attached hydrogens (primary N) is 1. The van der Waals surface area contributed by atoms with Crippen molar-refractivity contribution in [2.45, 2.75) is 32.8 Å². The average molecular weight is 425 g/mol. The molecule has 3 N–H and O–H groups in total. The number of imide groups is 1. The Morgan fingerprint density at radius 1 is 1.17 bits per heavy atom. The van der Waals surface area contributed by atoms with Crippen LogP contribution < -0.4 is 11.1 Å². The predicted octanol–water partition coefficient (Wildman–Crippen LogP) is 4.73. The molecule has 1 saturated heterocycles. The molecule has 0 saturated carbocycles. The molecule has 3 rings (SSSR count). The van der Waals surface area contributed by atoms with Crippen molar-refractivity contribution in [2.75, 3.05) is 0 Å². The van der Waals surface area contributed by atoms with Crippen molar-refractivity contribution in [3.63, 3.8) is 0 Å². The topological polar surface area (TPSA) is 98.5 Å². The van der Waals surface area contributed by atoms with Crippen molar-refractivity contribution in [1.82, 2.24) is 5.32 Å². The largest absolute Gasteiger partial charge is 0.443 e. The zero-order valence-corrected chi connectivity index (χ0v) is 17.9. The number of thioether (sulfide) groups is 1. The molecule has 1 heterocycles. The van der Waals surface area contributed by atoms with Gasteiger partial charge >= 0.3 is 6.09 Å². The van der Waals surface area contributed by atoms with Crippen LogP contribution in [0.5, 0.6) is 0 Å². The highest BCUT2D eigenvalue weighted by Crippen LogP contribution is 2.29. The summed E-state index contributed by atoms with van der Waals surface area (Å²) in [6, 6.07) is 16.0. The molecule has 0 bridgehead atoms. The molecular weight excluding hydrogens is 400 g/mol. The molecule has 0 aliphatic carbocycles. The van der Waals surface area contributed by atoms with Gasteiger partial charge in [0.25, 0.3) is 11.1 Å². The first kappa shape index (κ1) is 21.6. The number of nitrogens with one attached hydrogen (secondary N) is 1. The monoisotopic (exact) mass is 424 g/mol. The smallest absolute Gasteiger partial charge is 0.405 e. The highest BCUT2D eigenvalue weighted by molar-refractivity contribution is 8.18. The fourth-order valence-corrected chi connectivity index (χ4v) is 3.86. The van der Waals surface area contributed by atoms with E-state index < -0.39 is 11.7 Å². The van der Waals surface area contributed by atoms with Crippen molar-refractivity contribution in [3.8, 4) is 11.1 Å². The fraction of sp³-hybridized carbons (Fsp3) is 0.261. The number of hydrogen-bond donors (Lipinski definition) is 2. The minimum atomic E-state index is -0.770. The van der Waals surface area contributed by atoms with Crippen molar-refractivity contribution in [1.29, 1.82) is 0 Å². The Labute approximate surface area is 179 Å². The molecule has 0 spiro atoms. The Balaban J connectivity index is 1.74. The number of hydrogen-bond acceptors (Lipinski definition) is 5. The van der Waals surface area contributed by atoms with Crippen LogP contribution in [-0.2, 0) is 16.0 Å². The summed E-state index contributed by atoms with van der Waals surface area (Å²) in [5, 5.41) is 1.90. The lowest BCUT2D eigenvalue weighted by Gasteiger charge is -2.31. The molecule has 6 nitrogen and oxygen atoms in total. The molecule has 1 unspecified atom stereocenters. The summed E-state index contributed by atoms with van der Waals surface area (Å²) in [6.07, 6.45) is 1.67. The Bertz CT molecular complexity index is 1010. The lowest BCUT2D eigenvalue weighted by Crippen LogP contribution is -2.38. The summed E-state index contributed by atoms with van der Waals surface area (Å²) >= 11 is 0.905. The van der Waals surface area contributed by atoms with Gasteiger partial charge in [-0.1, -0.05) is 55.5 Å². The van der Waals surface area contributed by atoms with Crippen LogP contribution in [0.1, 0.15) is 31.9 Å². The second-order valence-electron chi connectivity index (χ2n) is 7.80. The second kappa shape index (κ2) is 8.75. The molecule has 2 aromatic rings. The first-order valence-corrected chi connectivity index (χ1v) is 10.4. The number of carbonyl (C=O) groups excluding carboxylic acids is 3. The maximum absolute atomic E-state index is 11.7. The van der Waals surface area contributed by atoms with Crippen LogP contribution in [0.3, 0.4) is 0 Å². The van der Waals surface area contributed by atoms with Crippen molar-refractivity contribution in [3.05, 3.63) is 64.6 Å². The quantitative estimate of drug-likeness (QED) is 0.653. The number of ether oxygens (including phenoxy) is 1. The zero-order chi connectivity index (χ0) is 21.9. The van der Waals surface area contributed by atoms with E-state index in [0.717, 1.165) is 40.4 Å². The summed E-state index contributed by atoms with van der Waals surface area (Å²) in [5.41, 5.74) is 8.60. The van der Waals surface area contributed by atoms with Gasteiger partial charge in [0, 0.05) is 0 Å². The third-order valence-electron chi connectivity index (χ3n) is 5.20. The van der Waals surface area contributed by atoms with E-state index in [4.69, 9.17) is 10.5 Å². The molecule has 0 aromatic heterocycles. The summed E-state index contributed by atoms with van der Waals surface area (Å²) in [6.45, 7) is 5.74. The van der Waals surface area contributed by atoms with Gasteiger partial charge in [-0.25, -0.2) is 4.79 Å². The summed E-state index contributed by atoms with van der Waals surface area (Å²) in [7, 11) is 0. The van der Waals surface area contributed by atoms with Gasteiger partial charge in [0.15, 0.2) is 0 Å². The fourth-order valence-electron chi connectivity index (χ4n) is 3.18. The van der Waals surface area contributed by atoms with Gasteiger partial charge in [0.1, 0.15) is 5.60 Å². The zero-order valence-electron chi connectivity index (χ0n) is 17.1. The van der Waals surface area contributed by atoms with E-state index >= 15 is 0 Å². The van der Waals surface area contributed by atoms with E-state index in [0.29, 0.717) is 4.91 Å². The third kappa shape index (κ3) is 5.30. The van der Waals surface area contributed by atoms with Crippen molar-refractivity contribution in [2.24, 2.45) is 11.7 Å². The molecule has 7 heteroatoms. The Kier molecular flexibility index (Phi) is 6.31. The Morgan fingerprint density at radius 2 is 1.87 bits per heavy atom. The SMILES string of the molecule is CC(Cc1cccc(-c2ccc(C=C3SC(=O)NC3=O)cc2)c1)C(C)(C)OC(N)=O. The van der Waals surface area contributed by atoms with Gasteiger partial charge in [-0.3, -0.25) is 14.9 Å². The van der Waals surface area contributed by atoms with Gasteiger partial charge in [-0.2, -0.15) is 0 Å². The van der Waals surface area contributed by atoms with E-state index in [1.807, 2.05) is 63.2 Å². The summed E-state index contributed by atoms with van der Waals surface area (Å²) in [4.78, 5) is 34.5. The number of primary amides is 1. The van der Waals surface area contributed by atoms with Crippen LogP contribution in [0.25, 0.3) is 17.2 Å². The maximum Gasteiger partial charge on any atom is 0.405 e. The number of amides is 3. The van der Waals surface area contributed by atoms with Crippen LogP contribution in [0.2, 0.25) is 0 Å². The number of carbonyl (C=O) groups is 3. The summed E-state index contributed by atoms with van der Waals surface area (Å²) < 4.78 is 5.25. The predicted molar refractivity (Wildman–Crippen MR) is 119 cm³/mol. The van der Waals surface area contributed by atoms with E-state index in [2.05, 4.69) is 11.4 Å². The highest BCUT2D eigenvalue weighted by atomic mass is 32.2. The molecule has 2 aromatic carbocycles. The number of benzene rings is 2. The third-order valence-corrected chi connectivity index (χ3v) is 6.01. The molecule has 1 aliphatic heterocycles. The van der Waals surface area contributed by atoms with Crippen LogP contribution in [-0.4, -0.2) is 22.8 Å². The molecule has 0 radical (unpaired) electrons. The number of rotatable bonds is 6. The van der Waals surface area contributed by atoms with Crippen LogP contribution in [0, 0.1) is 5.92 Å². The van der Waals surface area contributed by atoms with E-state index in [9.17, 15) is 14.4 Å². The first-order valence-electron chi connectivity index (χ1n) is 9.57.